The molecule has 2 fully saturated rings. The van der Waals surface area contributed by atoms with Gasteiger partial charge in [-0.05, 0) is 37.3 Å². The van der Waals surface area contributed by atoms with Crippen LogP contribution in [0.3, 0.4) is 0 Å². The molecule has 6 atom stereocenters. The maximum Gasteiger partial charge on any atom is 0.253 e. The molecule has 4 aliphatic rings. The smallest absolute Gasteiger partial charge is 0.253 e. The van der Waals surface area contributed by atoms with Crippen molar-refractivity contribution in [2.45, 2.75) is 57.9 Å². The number of aliphatic hydroxyl groups is 1. The van der Waals surface area contributed by atoms with Gasteiger partial charge in [0.05, 0.1) is 30.6 Å². The van der Waals surface area contributed by atoms with Crippen molar-refractivity contribution in [1.82, 2.24) is 9.80 Å². The van der Waals surface area contributed by atoms with E-state index in [0.717, 1.165) is 16.8 Å². The molecule has 5 rings (SSSR count). The minimum absolute atomic E-state index is 0.160. The predicted molar refractivity (Wildman–Crippen MR) is 140 cm³/mol. The van der Waals surface area contributed by atoms with Crippen LogP contribution in [0.5, 0.6) is 0 Å². The van der Waals surface area contributed by atoms with Crippen molar-refractivity contribution in [1.29, 1.82) is 0 Å². The number of ether oxygens (including phenoxy) is 1. The van der Waals surface area contributed by atoms with E-state index in [9.17, 15) is 19.5 Å². The van der Waals surface area contributed by atoms with Gasteiger partial charge in [-0.2, -0.15) is 0 Å². The molecule has 1 spiro atoms. The quantitative estimate of drug-likeness (QED) is 0.618. The summed E-state index contributed by atoms with van der Waals surface area (Å²) in [6.45, 7) is 8.49. The van der Waals surface area contributed by atoms with Gasteiger partial charge in [0.25, 0.3) is 5.91 Å². The van der Waals surface area contributed by atoms with E-state index < -0.39 is 35.6 Å². The highest BCUT2D eigenvalue weighted by Gasteiger charge is 2.72. The number of anilines is 1. The number of hydrogen-bond acceptors (Lipinski definition) is 5. The Labute approximate surface area is 218 Å². The van der Waals surface area contributed by atoms with Gasteiger partial charge >= 0.3 is 0 Å². The predicted octanol–water partition coefficient (Wildman–Crippen LogP) is 2.22. The number of carbonyl (C=O) groups excluding carboxylic acids is 3. The number of likely N-dealkylation sites (N-methyl/N-ethyl adjacent to an activating group) is 1. The van der Waals surface area contributed by atoms with Gasteiger partial charge in [-0.1, -0.05) is 56.4 Å². The molecule has 1 N–H and O–H groups in total. The Morgan fingerprint density at radius 1 is 1.05 bits per heavy atom. The fraction of sp³-hybridized carbons (Fsp3) is 0.552. The van der Waals surface area contributed by atoms with Crippen molar-refractivity contribution < 1.29 is 24.2 Å². The van der Waals surface area contributed by atoms with Crippen LogP contribution in [0.25, 0.3) is 0 Å². The van der Waals surface area contributed by atoms with Gasteiger partial charge in [0.15, 0.2) is 0 Å². The number of rotatable bonds is 5. The summed E-state index contributed by atoms with van der Waals surface area (Å²) in [5, 5.41) is 10.4. The number of fused-ring (bicyclic) bond motifs is 2. The number of aryl methyl sites for hydroxylation is 2. The number of nitrogens with zero attached hydrogens (tertiary/aromatic N) is 3. The minimum Gasteiger partial charge on any atom is -0.394 e. The van der Waals surface area contributed by atoms with Crippen molar-refractivity contribution in [2.75, 3.05) is 31.6 Å². The Bertz CT molecular complexity index is 1160. The largest absolute Gasteiger partial charge is 0.394 e. The molecule has 1 unspecified atom stereocenters. The molecule has 4 aliphatic heterocycles. The van der Waals surface area contributed by atoms with Crippen LogP contribution >= 0.6 is 0 Å². The number of hydrogen-bond donors (Lipinski definition) is 1. The van der Waals surface area contributed by atoms with Crippen molar-refractivity contribution in [3.05, 3.63) is 53.6 Å². The third kappa shape index (κ3) is 3.84. The first kappa shape index (κ1) is 25.7. The number of aliphatic hydroxyl groups excluding tert-OH is 1. The van der Waals surface area contributed by atoms with Gasteiger partial charge in [0, 0.05) is 25.8 Å². The van der Waals surface area contributed by atoms with E-state index in [1.807, 2.05) is 70.2 Å². The molecule has 3 amide bonds. The summed E-state index contributed by atoms with van der Waals surface area (Å²) in [6, 6.07) is 4.35. The number of likely N-dealkylation sites (tertiary alicyclic amines) is 1. The molecule has 0 aromatic heterocycles. The van der Waals surface area contributed by atoms with E-state index in [1.165, 1.54) is 0 Å². The zero-order valence-electron chi connectivity index (χ0n) is 22.3. The Morgan fingerprint density at radius 3 is 2.41 bits per heavy atom. The monoisotopic (exact) mass is 507 g/mol. The third-order valence-electron chi connectivity index (χ3n) is 8.36. The van der Waals surface area contributed by atoms with Crippen LogP contribution in [-0.2, 0) is 19.1 Å². The fourth-order valence-electron chi connectivity index (χ4n) is 6.85. The molecule has 0 saturated carbocycles. The summed E-state index contributed by atoms with van der Waals surface area (Å²) < 4.78 is 6.66. The lowest BCUT2D eigenvalue weighted by Gasteiger charge is -2.39. The van der Waals surface area contributed by atoms with Crippen LogP contribution in [0.1, 0.15) is 31.4 Å². The second-order valence-electron chi connectivity index (χ2n) is 11.3. The molecule has 1 aromatic rings. The summed E-state index contributed by atoms with van der Waals surface area (Å²) in [4.78, 5) is 47.3. The molecule has 0 radical (unpaired) electrons. The molecule has 4 heterocycles. The summed E-state index contributed by atoms with van der Waals surface area (Å²) >= 11 is 0. The van der Waals surface area contributed by atoms with E-state index in [1.54, 1.807) is 21.7 Å². The first-order valence-electron chi connectivity index (χ1n) is 13.2. The highest BCUT2D eigenvalue weighted by molar-refractivity contribution is 6.06. The van der Waals surface area contributed by atoms with Gasteiger partial charge in [0.2, 0.25) is 11.8 Å². The van der Waals surface area contributed by atoms with Crippen molar-refractivity contribution >= 4 is 23.4 Å². The lowest BCUT2D eigenvalue weighted by atomic mass is 9.77. The van der Waals surface area contributed by atoms with Crippen LogP contribution < -0.4 is 4.90 Å². The topological polar surface area (TPSA) is 90.4 Å². The fourth-order valence-corrected chi connectivity index (χ4v) is 6.85. The summed E-state index contributed by atoms with van der Waals surface area (Å²) in [5.41, 5.74) is 1.45. The maximum atomic E-state index is 14.6. The van der Waals surface area contributed by atoms with Gasteiger partial charge in [-0.25, -0.2) is 0 Å². The van der Waals surface area contributed by atoms with Crippen molar-refractivity contribution in [2.24, 2.45) is 17.8 Å². The first-order chi connectivity index (χ1) is 17.6. The van der Waals surface area contributed by atoms with Gasteiger partial charge < -0.3 is 24.5 Å². The van der Waals surface area contributed by atoms with Crippen LogP contribution in [0.2, 0.25) is 0 Å². The van der Waals surface area contributed by atoms with Crippen LogP contribution in [0.4, 0.5) is 5.69 Å². The van der Waals surface area contributed by atoms with Crippen LogP contribution in [-0.4, -0.2) is 83.2 Å². The highest BCUT2D eigenvalue weighted by atomic mass is 16.5. The van der Waals surface area contributed by atoms with E-state index in [-0.39, 0.29) is 30.2 Å². The molecule has 0 aliphatic carbocycles. The van der Waals surface area contributed by atoms with Gasteiger partial charge in [-0.3, -0.25) is 14.4 Å². The first-order valence-corrected chi connectivity index (χ1v) is 13.2. The van der Waals surface area contributed by atoms with E-state index in [4.69, 9.17) is 4.74 Å². The van der Waals surface area contributed by atoms with Crippen molar-refractivity contribution in [3.63, 3.8) is 0 Å². The number of amides is 3. The Hall–Kier alpha value is -2.97. The normalized spacial score (nSPS) is 32.0. The minimum atomic E-state index is -1.29. The SMILES string of the molecule is Cc1cccc(C)c1N1CC=C[C@]23O[C@H]4C=CCN(C)C(=O)[C@H]4[C@H]2C(=O)N([C@@H](CO)CC(C)C)C3C1=O. The van der Waals surface area contributed by atoms with Gasteiger partial charge in [0.1, 0.15) is 11.6 Å². The zero-order chi connectivity index (χ0) is 26.6. The lowest BCUT2D eigenvalue weighted by Crippen LogP contribution is -2.58. The van der Waals surface area contributed by atoms with Gasteiger partial charge in [-0.15, -0.1) is 0 Å². The Balaban J connectivity index is 1.68. The zero-order valence-corrected chi connectivity index (χ0v) is 22.3. The standard InChI is InChI=1S/C29H37N3O5/c1-17(2)15-20(16-33)32-25-28(36)31(24-18(3)9-6-10-19(24)4)14-8-12-29(25)23(27(32)35)22-21(37-29)11-7-13-30(5)26(22)34/h6-12,17,20-23,25,33H,13-16H2,1-5H3/t20-,21+,22-,23+,25?,29+/m1/s1. The Morgan fingerprint density at radius 2 is 1.76 bits per heavy atom. The van der Waals surface area contributed by atoms with Crippen molar-refractivity contribution in [3.8, 4) is 0 Å². The maximum absolute atomic E-state index is 14.6. The lowest BCUT2D eigenvalue weighted by molar-refractivity contribution is -0.146. The second kappa shape index (κ2) is 9.40. The Kier molecular flexibility index (Phi) is 6.52. The molecule has 37 heavy (non-hydrogen) atoms. The molecule has 1 aromatic carbocycles. The molecule has 0 bridgehead atoms. The average Bonchev–Trinajstić information content (AvgIpc) is 3.18. The molecule has 2 saturated heterocycles. The summed E-state index contributed by atoms with van der Waals surface area (Å²) in [6.07, 6.45) is 7.43. The number of para-hydroxylation sites is 1. The summed E-state index contributed by atoms with van der Waals surface area (Å²) in [5.74, 6) is -2.09. The molecular formula is C29H37N3O5. The molecule has 8 heteroatoms. The molecule has 8 nitrogen and oxygen atoms in total. The van der Waals surface area contributed by atoms with E-state index >= 15 is 0 Å². The molecular weight excluding hydrogens is 470 g/mol. The summed E-state index contributed by atoms with van der Waals surface area (Å²) in [7, 11) is 1.72. The van der Waals surface area contributed by atoms with E-state index in [0.29, 0.717) is 19.5 Å². The van der Waals surface area contributed by atoms with Crippen LogP contribution in [0, 0.1) is 31.6 Å². The van der Waals surface area contributed by atoms with Crippen LogP contribution in [0.15, 0.2) is 42.5 Å². The van der Waals surface area contributed by atoms with E-state index in [2.05, 4.69) is 0 Å². The second-order valence-corrected chi connectivity index (χ2v) is 11.3. The molecule has 198 valence electrons. The number of carbonyl (C=O) groups is 3. The average molecular weight is 508 g/mol. The number of benzene rings is 1. The highest BCUT2D eigenvalue weighted by Crippen LogP contribution is 2.54. The third-order valence-corrected chi connectivity index (χ3v) is 8.36.